The summed E-state index contributed by atoms with van der Waals surface area (Å²) in [5, 5.41) is 24.1. The van der Waals surface area contributed by atoms with Crippen LogP contribution in [0.3, 0.4) is 0 Å². The van der Waals surface area contributed by atoms with E-state index in [-0.39, 0.29) is 87.0 Å². The lowest BCUT2D eigenvalue weighted by Gasteiger charge is -2.63. The molecule has 10 aromatic rings. The third-order valence-electron chi connectivity index (χ3n) is 20.9. The number of aryl methyl sites for hydroxylation is 1. The van der Waals surface area contributed by atoms with E-state index in [2.05, 4.69) is 66.7 Å². The van der Waals surface area contributed by atoms with Gasteiger partial charge < -0.3 is 24.5 Å². The molecule has 5 saturated heterocycles. The monoisotopic (exact) mass is 1310 g/mol. The Bertz CT molecular complexity index is 4990. The van der Waals surface area contributed by atoms with Crippen LogP contribution in [0.1, 0.15) is 129 Å². The molecule has 2 saturated carbocycles. The molecule has 18 nitrogen and oxygen atoms in total. The molecule has 8 heterocycles. The van der Waals surface area contributed by atoms with Crippen molar-refractivity contribution < 1.29 is 32.3 Å². The van der Waals surface area contributed by atoms with Gasteiger partial charge in [-0.1, -0.05) is 97.9 Å². The molecule has 0 atom stereocenters. The molecular formula is C76H72F3N11O7. The number of aromatic amines is 3. The highest BCUT2D eigenvalue weighted by atomic mass is 19.1. The molecule has 97 heavy (non-hydrogen) atoms. The summed E-state index contributed by atoms with van der Waals surface area (Å²) in [6, 6.07) is 43.9. The summed E-state index contributed by atoms with van der Waals surface area (Å²) >= 11 is 0. The average molecular weight is 1310 g/mol. The van der Waals surface area contributed by atoms with Crippen LogP contribution in [0.25, 0.3) is 32.3 Å². The van der Waals surface area contributed by atoms with E-state index in [0.717, 1.165) is 103 Å². The predicted octanol–water partition coefficient (Wildman–Crippen LogP) is 10.6. The number of aromatic nitrogens is 6. The number of halogens is 3. The SMILES string of the molecule is C.Cc1ccc(N2CC3(CCN3C(=O)c3cc(Cc4n[nH]c(=O)c5ccccc45)ccc3F)C2)cc1.O=C(C1CC1)N1CC2(CCN2C(=O)c2cc(Cc3n[nH]c(=O)c4ccccc34)ccc2F)C1.O=C(c1cc(Cc2n[nH]c(=O)c3ccccc23)ccc1F)N1CCC12CCC2. The Labute approximate surface area is 556 Å². The van der Waals surface area contributed by atoms with E-state index in [0.29, 0.717) is 85.2 Å². The van der Waals surface area contributed by atoms with Crippen molar-refractivity contribution in [2.24, 2.45) is 5.92 Å². The lowest BCUT2D eigenvalue weighted by molar-refractivity contribution is -0.155. The van der Waals surface area contributed by atoms with Crippen LogP contribution in [-0.2, 0) is 24.1 Å². The highest BCUT2D eigenvalue weighted by Gasteiger charge is 2.59. The molecule has 494 valence electrons. The second kappa shape index (κ2) is 25.2. The Hall–Kier alpha value is -10.6. The van der Waals surface area contributed by atoms with Crippen LogP contribution in [0.2, 0.25) is 0 Å². The number of hydrogen-bond acceptors (Lipinski definition) is 11. The van der Waals surface area contributed by atoms with Gasteiger partial charge in [-0.3, -0.25) is 33.6 Å². The smallest absolute Gasteiger partial charge is 0.272 e. The first kappa shape index (κ1) is 63.8. The zero-order valence-corrected chi connectivity index (χ0v) is 52.8. The molecular weight excluding hydrogens is 1240 g/mol. The van der Waals surface area contributed by atoms with E-state index in [4.69, 9.17) is 0 Å². The van der Waals surface area contributed by atoms with Crippen molar-refractivity contribution in [1.29, 1.82) is 0 Å². The summed E-state index contributed by atoms with van der Waals surface area (Å²) in [6.45, 7) is 6.58. The molecule has 3 N–H and O–H groups in total. The molecule has 0 bridgehead atoms. The fraction of sp³-hybridized carbons (Fsp3) is 0.316. The number of rotatable bonds is 11. The van der Waals surface area contributed by atoms with Crippen molar-refractivity contribution in [3.63, 3.8) is 0 Å². The summed E-state index contributed by atoms with van der Waals surface area (Å²) in [7, 11) is 0. The van der Waals surface area contributed by atoms with Crippen molar-refractivity contribution in [2.75, 3.05) is 50.7 Å². The van der Waals surface area contributed by atoms with Gasteiger partial charge in [-0.15, -0.1) is 0 Å². The fourth-order valence-corrected chi connectivity index (χ4v) is 14.8. The Morgan fingerprint density at radius 2 is 0.804 bits per heavy atom. The van der Waals surface area contributed by atoms with Crippen LogP contribution in [-0.4, -0.2) is 136 Å². The maximum Gasteiger partial charge on any atom is 0.272 e. The Balaban J connectivity index is 0.000000125. The minimum absolute atomic E-state index is 0. The topological polar surface area (TPSA) is 222 Å². The number of hydrogen-bond donors (Lipinski definition) is 3. The first-order valence-corrected chi connectivity index (χ1v) is 32.8. The van der Waals surface area contributed by atoms with Gasteiger partial charge in [-0.25, -0.2) is 28.5 Å². The zero-order valence-electron chi connectivity index (χ0n) is 52.8. The van der Waals surface area contributed by atoms with Gasteiger partial charge in [0.25, 0.3) is 34.4 Å². The summed E-state index contributed by atoms with van der Waals surface area (Å²) in [6.07, 6.45) is 9.02. The van der Waals surface area contributed by atoms with Crippen molar-refractivity contribution >= 4 is 61.6 Å². The number of anilines is 1. The lowest BCUT2D eigenvalue weighted by Crippen LogP contribution is -2.78. The largest absolute Gasteiger partial charge is 0.367 e. The Kier molecular flexibility index (Phi) is 16.6. The molecule has 21 heteroatoms. The molecule has 7 aromatic carbocycles. The number of nitrogens with one attached hydrogen (secondary N) is 3. The van der Waals surface area contributed by atoms with Crippen LogP contribution < -0.4 is 21.6 Å². The molecule has 7 fully saturated rings. The van der Waals surface area contributed by atoms with Crippen LogP contribution >= 0.6 is 0 Å². The van der Waals surface area contributed by atoms with E-state index in [9.17, 15) is 46.7 Å². The summed E-state index contributed by atoms with van der Waals surface area (Å²) < 4.78 is 44.0. The quantitative estimate of drug-likeness (QED) is 0.111. The number of amides is 4. The van der Waals surface area contributed by atoms with E-state index in [1.807, 2.05) is 51.1 Å². The summed E-state index contributed by atoms with van der Waals surface area (Å²) in [4.78, 5) is 97.5. The number of likely N-dealkylation sites (tertiary alicyclic amines) is 4. The average Bonchev–Trinajstić information content (AvgIpc) is 1.29. The van der Waals surface area contributed by atoms with Crippen LogP contribution in [0.4, 0.5) is 18.9 Å². The van der Waals surface area contributed by atoms with Crippen molar-refractivity contribution in [2.45, 2.75) is 102 Å². The van der Waals surface area contributed by atoms with Gasteiger partial charge in [0.05, 0.1) is 61.0 Å². The van der Waals surface area contributed by atoms with Gasteiger partial charge in [0.15, 0.2) is 0 Å². The van der Waals surface area contributed by atoms with Crippen molar-refractivity contribution in [1.82, 2.24) is 50.2 Å². The van der Waals surface area contributed by atoms with Gasteiger partial charge in [0.1, 0.15) is 17.5 Å². The summed E-state index contributed by atoms with van der Waals surface area (Å²) in [5.74, 6) is -2.03. The Morgan fingerprint density at radius 1 is 0.454 bits per heavy atom. The lowest BCUT2D eigenvalue weighted by atomic mass is 9.67. The highest BCUT2D eigenvalue weighted by Crippen LogP contribution is 2.48. The molecule has 17 rings (SSSR count). The van der Waals surface area contributed by atoms with Gasteiger partial charge in [0.2, 0.25) is 5.91 Å². The third kappa shape index (κ3) is 11.7. The number of benzene rings is 7. The number of carbonyl (C=O) groups excluding carboxylic acids is 4. The molecule has 3 aromatic heterocycles. The number of H-pyrrole nitrogens is 3. The predicted molar refractivity (Wildman–Crippen MR) is 363 cm³/mol. The maximum absolute atomic E-state index is 14.8. The third-order valence-corrected chi connectivity index (χ3v) is 20.9. The maximum atomic E-state index is 14.8. The second-order valence-electron chi connectivity index (χ2n) is 26.9. The zero-order chi connectivity index (χ0) is 66.2. The van der Waals surface area contributed by atoms with E-state index in [1.165, 1.54) is 23.8 Å². The Morgan fingerprint density at radius 3 is 1.13 bits per heavy atom. The van der Waals surface area contributed by atoms with Gasteiger partial charge in [0, 0.05) is 98.4 Å². The molecule has 4 amide bonds. The number of carbonyl (C=O) groups is 4. The van der Waals surface area contributed by atoms with Crippen LogP contribution in [0, 0.1) is 30.3 Å². The van der Waals surface area contributed by atoms with Crippen LogP contribution in [0.15, 0.2) is 166 Å². The van der Waals surface area contributed by atoms with Crippen molar-refractivity contribution in [3.05, 3.63) is 256 Å². The standard InChI is InChI=1S/C28H25FN4O2.C25H23FN4O3.C22H20FN3O2.CH4/c1-18-6-9-20(10-7-18)32-16-28(17-32)12-13-33(28)27(35)23-14-19(8-11-24(23)29)15-25-21-4-2-3-5-22(21)26(34)31-30-25;26-20-8-5-15(12-21-17-3-1-2-4-18(17)22(31)28-27-21)11-19(20)24(33)30-10-9-25(30)13-29(14-25)23(32)16-6-7-16;23-18-7-6-14(12-17(18)21(28)26-11-10-22(26)8-3-9-22)13-19-15-4-1-2-5-16(15)20(27)25-24-19;/h2-11,14H,12-13,15-17H2,1H3,(H,31,34);1-5,8,11,16H,6-7,9-10,12-14H2,(H,28,31);1-2,4-7,12H,3,8-11,13H2,(H,25,27);1H4. The van der Waals surface area contributed by atoms with Gasteiger partial charge in [-0.2, -0.15) is 15.3 Å². The number of fused-ring (bicyclic) bond motifs is 3. The van der Waals surface area contributed by atoms with Gasteiger partial charge >= 0.3 is 0 Å². The number of nitrogens with zero attached hydrogens (tertiary/aromatic N) is 8. The second-order valence-corrected chi connectivity index (χ2v) is 26.9. The molecule has 0 unspecified atom stereocenters. The van der Waals surface area contributed by atoms with E-state index >= 15 is 0 Å². The normalized spacial score (nSPS) is 17.3. The molecule has 5 aliphatic heterocycles. The first-order chi connectivity index (χ1) is 46.5. The van der Waals surface area contributed by atoms with Crippen LogP contribution in [0.5, 0.6) is 0 Å². The van der Waals surface area contributed by atoms with E-state index in [1.54, 1.807) is 77.7 Å². The van der Waals surface area contributed by atoms with Crippen molar-refractivity contribution in [3.8, 4) is 0 Å². The minimum Gasteiger partial charge on any atom is -0.367 e. The molecule has 7 aliphatic rings. The molecule has 2 aliphatic carbocycles. The summed E-state index contributed by atoms with van der Waals surface area (Å²) in [5.41, 5.74) is 5.59. The first-order valence-electron chi connectivity index (χ1n) is 32.8. The molecule has 3 spiro atoms. The fourth-order valence-electron chi connectivity index (χ4n) is 14.8. The molecule has 0 radical (unpaired) electrons. The highest BCUT2D eigenvalue weighted by molar-refractivity contribution is 5.98. The minimum atomic E-state index is -0.560. The van der Waals surface area contributed by atoms with E-state index < -0.39 is 17.5 Å². The van der Waals surface area contributed by atoms with Gasteiger partial charge in [-0.05, 0) is 142 Å².